The fourth-order valence-corrected chi connectivity index (χ4v) is 4.92. The number of fused-ring (bicyclic) bond motifs is 1. The summed E-state index contributed by atoms with van der Waals surface area (Å²) in [4.78, 5) is 13.5. The number of benzene rings is 1. The van der Waals surface area contributed by atoms with Gasteiger partial charge in [0.2, 0.25) is 5.95 Å². The monoisotopic (exact) mass is 485 g/mol. The third-order valence-corrected chi connectivity index (χ3v) is 7.58. The van der Waals surface area contributed by atoms with Gasteiger partial charge in [-0.05, 0) is 18.2 Å². The Labute approximate surface area is 197 Å². The number of likely N-dealkylation sites (N-methyl/N-ethyl adjacent to an activating group) is 1. The Morgan fingerprint density at radius 3 is 2.74 bits per heavy atom. The highest BCUT2D eigenvalue weighted by atomic mass is 32.2. The molecule has 0 aliphatic heterocycles. The van der Waals surface area contributed by atoms with Gasteiger partial charge in [0.1, 0.15) is 23.4 Å². The van der Waals surface area contributed by atoms with Crippen LogP contribution in [0.15, 0.2) is 53.4 Å². The maximum absolute atomic E-state index is 12.6. The van der Waals surface area contributed by atoms with E-state index in [1.807, 2.05) is 6.07 Å². The number of phenols is 1. The topological polar surface area (TPSA) is 129 Å². The fraction of sp³-hybridized carbons (Fsp3) is 0.318. The molecule has 4 rings (SSSR count). The molecule has 0 aliphatic carbocycles. The van der Waals surface area contributed by atoms with E-state index in [4.69, 9.17) is 4.42 Å². The van der Waals surface area contributed by atoms with Crippen LogP contribution < -0.4 is 5.32 Å². The van der Waals surface area contributed by atoms with Crippen molar-refractivity contribution >= 4 is 22.0 Å². The van der Waals surface area contributed by atoms with E-state index in [-0.39, 0.29) is 12.3 Å². The Balaban J connectivity index is 1.59. The second-order valence-corrected chi connectivity index (χ2v) is 9.56. The zero-order valence-corrected chi connectivity index (χ0v) is 20.0. The highest BCUT2D eigenvalue weighted by Crippen LogP contribution is 2.33. The molecule has 0 atom stereocenters. The van der Waals surface area contributed by atoms with Crippen molar-refractivity contribution in [2.45, 2.75) is 13.8 Å². The van der Waals surface area contributed by atoms with Gasteiger partial charge in [-0.2, -0.15) is 22.0 Å². The number of aromatic nitrogens is 4. The van der Waals surface area contributed by atoms with Crippen LogP contribution in [0.5, 0.6) is 5.75 Å². The van der Waals surface area contributed by atoms with Crippen molar-refractivity contribution in [3.63, 3.8) is 0 Å². The van der Waals surface area contributed by atoms with Gasteiger partial charge in [0.05, 0.1) is 5.69 Å². The molecule has 11 nitrogen and oxygen atoms in total. The summed E-state index contributed by atoms with van der Waals surface area (Å²) in [5.41, 5.74) is 2.59. The molecule has 0 bridgehead atoms. The first-order chi connectivity index (χ1) is 16.3. The zero-order valence-electron chi connectivity index (χ0n) is 19.2. The molecule has 12 heteroatoms. The van der Waals surface area contributed by atoms with E-state index in [0.717, 1.165) is 0 Å². The van der Waals surface area contributed by atoms with Gasteiger partial charge in [0.15, 0.2) is 0 Å². The highest BCUT2D eigenvalue weighted by Gasteiger charge is 2.24. The van der Waals surface area contributed by atoms with E-state index < -0.39 is 10.2 Å². The minimum absolute atomic E-state index is 0.127. The Hall–Kier alpha value is -3.48. The summed E-state index contributed by atoms with van der Waals surface area (Å²) in [5.74, 6) is 0.877. The molecular formula is C22H27N7O4S. The normalized spacial score (nSPS) is 12.1. The lowest BCUT2D eigenvalue weighted by Crippen LogP contribution is -2.43. The van der Waals surface area contributed by atoms with Crippen LogP contribution in [0.1, 0.15) is 13.8 Å². The number of aromatic hydroxyl groups is 1. The molecule has 0 unspecified atom stereocenters. The number of oxazole rings is 1. The SMILES string of the molecule is CCN(C)S(=O)(=O)N(CC)CCNc1nccc(-c2c(-c3cccc(O)c3)nc3occn23)n1. The number of hydrogen-bond donors (Lipinski definition) is 2. The summed E-state index contributed by atoms with van der Waals surface area (Å²) >= 11 is 0. The molecule has 0 radical (unpaired) electrons. The molecule has 0 fully saturated rings. The molecule has 34 heavy (non-hydrogen) atoms. The third-order valence-electron chi connectivity index (χ3n) is 5.44. The van der Waals surface area contributed by atoms with Crippen LogP contribution in [-0.2, 0) is 10.2 Å². The predicted octanol–water partition coefficient (Wildman–Crippen LogP) is 2.69. The number of nitrogens with zero attached hydrogens (tertiary/aromatic N) is 6. The smallest absolute Gasteiger partial charge is 0.306 e. The average Bonchev–Trinajstić information content (AvgIpc) is 3.42. The van der Waals surface area contributed by atoms with Gasteiger partial charge in [-0.25, -0.2) is 9.97 Å². The van der Waals surface area contributed by atoms with E-state index >= 15 is 0 Å². The predicted molar refractivity (Wildman–Crippen MR) is 129 cm³/mol. The summed E-state index contributed by atoms with van der Waals surface area (Å²) < 4.78 is 35.2. The van der Waals surface area contributed by atoms with E-state index in [1.54, 1.807) is 62.0 Å². The first-order valence-electron chi connectivity index (χ1n) is 10.9. The van der Waals surface area contributed by atoms with Crippen molar-refractivity contribution in [2.75, 3.05) is 38.5 Å². The largest absolute Gasteiger partial charge is 0.508 e. The summed E-state index contributed by atoms with van der Waals surface area (Å²) in [7, 11) is -1.95. The molecule has 3 heterocycles. The minimum atomic E-state index is -3.51. The number of phenolic OH excluding ortho intramolecular Hbond substituents is 1. The molecule has 180 valence electrons. The number of hydrogen-bond acceptors (Lipinski definition) is 8. The Morgan fingerprint density at radius 2 is 2.00 bits per heavy atom. The summed E-state index contributed by atoms with van der Waals surface area (Å²) in [6.45, 7) is 4.95. The van der Waals surface area contributed by atoms with Gasteiger partial charge in [-0.15, -0.1) is 0 Å². The van der Waals surface area contributed by atoms with Crippen molar-refractivity contribution in [1.29, 1.82) is 0 Å². The number of rotatable bonds is 10. The van der Waals surface area contributed by atoms with Crippen LogP contribution in [0, 0.1) is 0 Å². The van der Waals surface area contributed by atoms with Gasteiger partial charge in [-0.1, -0.05) is 26.0 Å². The van der Waals surface area contributed by atoms with Crippen molar-refractivity contribution in [3.05, 3.63) is 49.0 Å². The molecule has 1 aromatic carbocycles. The lowest BCUT2D eigenvalue weighted by Gasteiger charge is -2.25. The molecule has 0 saturated carbocycles. The first kappa shape index (κ1) is 23.7. The van der Waals surface area contributed by atoms with Crippen molar-refractivity contribution in [3.8, 4) is 28.4 Å². The summed E-state index contributed by atoms with van der Waals surface area (Å²) in [5, 5.41) is 13.0. The number of nitrogens with one attached hydrogen (secondary N) is 1. The molecule has 0 aliphatic rings. The summed E-state index contributed by atoms with van der Waals surface area (Å²) in [6.07, 6.45) is 4.90. The lowest BCUT2D eigenvalue weighted by molar-refractivity contribution is 0.381. The Kier molecular flexibility index (Phi) is 6.82. The maximum atomic E-state index is 12.6. The first-order valence-corrected chi connectivity index (χ1v) is 12.3. The van der Waals surface area contributed by atoms with E-state index in [2.05, 4.69) is 20.3 Å². The van der Waals surface area contributed by atoms with Crippen LogP contribution in [-0.4, -0.2) is 74.7 Å². The number of imidazole rings is 1. The van der Waals surface area contributed by atoms with Crippen LogP contribution in [0.2, 0.25) is 0 Å². The molecule has 0 saturated heterocycles. The molecule has 3 aromatic heterocycles. The zero-order chi connectivity index (χ0) is 24.3. The van der Waals surface area contributed by atoms with E-state index in [9.17, 15) is 13.5 Å². The van der Waals surface area contributed by atoms with Crippen LogP contribution in [0.25, 0.3) is 28.5 Å². The molecule has 0 amide bonds. The third kappa shape index (κ3) is 4.60. The maximum Gasteiger partial charge on any atom is 0.306 e. The molecule has 0 spiro atoms. The quantitative estimate of drug-likeness (QED) is 0.351. The fourth-order valence-electron chi connectivity index (χ4n) is 3.55. The van der Waals surface area contributed by atoms with Crippen LogP contribution in [0.4, 0.5) is 5.95 Å². The van der Waals surface area contributed by atoms with E-state index in [1.165, 1.54) is 14.9 Å². The average molecular weight is 486 g/mol. The second-order valence-electron chi connectivity index (χ2n) is 7.52. The van der Waals surface area contributed by atoms with Gasteiger partial charge < -0.3 is 14.8 Å². The van der Waals surface area contributed by atoms with Gasteiger partial charge >= 0.3 is 5.84 Å². The Morgan fingerprint density at radius 1 is 1.18 bits per heavy atom. The van der Waals surface area contributed by atoms with Crippen LogP contribution in [0.3, 0.4) is 0 Å². The lowest BCUT2D eigenvalue weighted by atomic mass is 10.1. The Bertz CT molecular complexity index is 1380. The van der Waals surface area contributed by atoms with E-state index in [0.29, 0.717) is 54.1 Å². The minimum Gasteiger partial charge on any atom is -0.508 e. The van der Waals surface area contributed by atoms with Gasteiger partial charge in [0.25, 0.3) is 10.2 Å². The van der Waals surface area contributed by atoms with Crippen LogP contribution >= 0.6 is 0 Å². The van der Waals surface area contributed by atoms with Crippen molar-refractivity contribution in [1.82, 2.24) is 28.0 Å². The van der Waals surface area contributed by atoms with Gasteiger partial charge in [-0.3, -0.25) is 4.40 Å². The number of anilines is 1. The second kappa shape index (κ2) is 9.79. The van der Waals surface area contributed by atoms with Crippen molar-refractivity contribution in [2.24, 2.45) is 0 Å². The summed E-state index contributed by atoms with van der Waals surface area (Å²) in [6, 6.07) is 8.56. The standard InChI is InChI=1S/C22H27N7O4S/c1-4-27(3)34(31,32)28(5-2)12-11-24-21-23-10-9-18(25-21)20-19(16-7-6-8-17(30)15-16)26-22-29(20)13-14-33-22/h6-10,13-15,30H,4-5,11-12H2,1-3H3,(H,23,24,25). The molecular weight excluding hydrogens is 458 g/mol. The highest BCUT2D eigenvalue weighted by molar-refractivity contribution is 7.86. The van der Waals surface area contributed by atoms with Crippen molar-refractivity contribution < 1.29 is 17.9 Å². The molecule has 2 N–H and O–H groups in total. The molecule has 4 aromatic rings. The van der Waals surface area contributed by atoms with Gasteiger partial charge in [0, 0.05) is 51.2 Å².